The summed E-state index contributed by atoms with van der Waals surface area (Å²) >= 11 is 0. The minimum Gasteiger partial charge on any atom is -0.412 e. The number of halogens is 8. The first-order chi connectivity index (χ1) is 0. The van der Waals surface area contributed by atoms with E-state index in [0.717, 1.165) is 0 Å². The van der Waals surface area contributed by atoms with Crippen LogP contribution in [0.4, 0.5) is 0 Å². The monoisotopic (exact) mass is 306 g/mol. The molecule has 0 aromatic carbocycles. The van der Waals surface area contributed by atoms with Gasteiger partial charge in [-0.25, -0.2) is 0 Å². The van der Waals surface area contributed by atoms with Crippen molar-refractivity contribution in [3.63, 3.8) is 0 Å². The van der Waals surface area contributed by atoms with Gasteiger partial charge in [-0.3, -0.25) is 0 Å². The molecule has 0 spiro atoms. The normalized spacial score (nSPS) is 0. The zero-order chi connectivity index (χ0) is 0. The Labute approximate surface area is 104 Å². The summed E-state index contributed by atoms with van der Waals surface area (Å²) in [5.41, 5.74) is 0. The van der Waals surface area contributed by atoms with Crippen molar-refractivity contribution in [2.24, 2.45) is 0 Å². The Hall–Kier alpha value is 2.28. The fourth-order valence-electron chi connectivity index (χ4n) is 0. The van der Waals surface area contributed by atoms with E-state index in [1.54, 1.807) is 0 Å². The summed E-state index contributed by atoms with van der Waals surface area (Å²) in [6.07, 6.45) is 0. The standard InChI is InChI=1S/8ClH.H2O/h8*1H;1H2. The lowest BCUT2D eigenvalue weighted by atomic mass is 16.0. The van der Waals surface area contributed by atoms with Crippen LogP contribution in [0.5, 0.6) is 0 Å². The van der Waals surface area contributed by atoms with Crippen molar-refractivity contribution in [1.82, 2.24) is 0 Å². The Kier molecular flexibility index (Phi) is 4340. The molecule has 9 heavy (non-hydrogen) atoms. The third kappa shape index (κ3) is 136. The van der Waals surface area contributed by atoms with Gasteiger partial charge in [0.1, 0.15) is 0 Å². The van der Waals surface area contributed by atoms with Crippen molar-refractivity contribution < 1.29 is 5.48 Å². The molecule has 0 aliphatic carbocycles. The Morgan fingerprint density at radius 2 is 0.222 bits per heavy atom. The molecule has 0 radical (unpaired) electrons. The van der Waals surface area contributed by atoms with E-state index in [0.29, 0.717) is 0 Å². The predicted molar refractivity (Wildman–Crippen MR) is 61.6 cm³/mol. The predicted octanol–water partition coefficient (Wildman–Crippen LogP) is 2.55. The first-order valence-corrected chi connectivity index (χ1v) is 0. The topological polar surface area (TPSA) is 31.5 Å². The molecule has 0 saturated carbocycles. The van der Waals surface area contributed by atoms with E-state index in [1.807, 2.05) is 0 Å². The van der Waals surface area contributed by atoms with Crippen LogP contribution in [-0.2, 0) is 0 Å². The minimum atomic E-state index is 0. The molecule has 0 aliphatic rings. The molecule has 0 rings (SSSR count). The van der Waals surface area contributed by atoms with Gasteiger partial charge in [0.25, 0.3) is 0 Å². The molecule has 0 amide bonds. The van der Waals surface area contributed by atoms with E-state index < -0.39 is 0 Å². The molecule has 0 aliphatic heterocycles. The van der Waals surface area contributed by atoms with Crippen LogP contribution in [0.3, 0.4) is 0 Å². The Morgan fingerprint density at radius 3 is 0.222 bits per heavy atom. The molecular formula is H10Cl8O. The summed E-state index contributed by atoms with van der Waals surface area (Å²) < 4.78 is 0. The van der Waals surface area contributed by atoms with Crippen LogP contribution in [0.2, 0.25) is 0 Å². The molecule has 0 unspecified atom stereocenters. The fourth-order valence-corrected chi connectivity index (χ4v) is 0. The second-order valence-electron chi connectivity index (χ2n) is 0. The van der Waals surface area contributed by atoms with Crippen molar-refractivity contribution in [2.45, 2.75) is 0 Å². The summed E-state index contributed by atoms with van der Waals surface area (Å²) in [6.45, 7) is 0. The highest BCUT2D eigenvalue weighted by Crippen LogP contribution is 0.697. The maximum Gasteiger partial charge on any atom is -0.147 e. The highest BCUT2D eigenvalue weighted by atomic mass is 35.5. The van der Waals surface area contributed by atoms with Gasteiger partial charge >= 0.3 is 0 Å². The molecule has 0 atom stereocenters. The zero-order valence-electron chi connectivity index (χ0n) is 3.77. The van der Waals surface area contributed by atoms with Crippen LogP contribution in [0.25, 0.3) is 0 Å². The maximum atomic E-state index is 0. The van der Waals surface area contributed by atoms with Gasteiger partial charge in [-0.2, -0.15) is 0 Å². The molecule has 2 N–H and O–H groups in total. The number of hydrogen-bond acceptors (Lipinski definition) is 0. The Morgan fingerprint density at radius 1 is 0.222 bits per heavy atom. The lowest BCUT2D eigenvalue weighted by Gasteiger charge is -0.412. The number of rotatable bonds is 0. The highest BCUT2D eigenvalue weighted by molar-refractivity contribution is 5.86. The van der Waals surface area contributed by atoms with E-state index in [4.69, 9.17) is 0 Å². The zero-order valence-corrected chi connectivity index (χ0v) is 10.3. The van der Waals surface area contributed by atoms with Gasteiger partial charge in [0.2, 0.25) is 0 Å². The minimum absolute atomic E-state index is 0. The molecule has 0 saturated heterocycles. The van der Waals surface area contributed by atoms with Gasteiger partial charge in [0.05, 0.1) is 0 Å². The molecule has 0 aromatic rings. The second-order valence-corrected chi connectivity index (χ2v) is 0. The van der Waals surface area contributed by atoms with Gasteiger partial charge in [-0.05, 0) is 0 Å². The SMILES string of the molecule is Cl.Cl.Cl.Cl.Cl.Cl.Cl.Cl.O. The molecule has 0 heterocycles. The maximum absolute atomic E-state index is 0. The first-order valence-electron chi connectivity index (χ1n) is 0. The van der Waals surface area contributed by atoms with Gasteiger partial charge < -0.3 is 5.48 Å². The molecule has 0 bridgehead atoms. The van der Waals surface area contributed by atoms with Crippen molar-refractivity contribution >= 4 is 99.3 Å². The van der Waals surface area contributed by atoms with Crippen LogP contribution >= 0.6 is 99.3 Å². The largest absolute Gasteiger partial charge is 0.412 e. The van der Waals surface area contributed by atoms with Gasteiger partial charge in [-0.15, -0.1) is 99.3 Å². The van der Waals surface area contributed by atoms with Crippen molar-refractivity contribution in [2.75, 3.05) is 0 Å². The smallest absolute Gasteiger partial charge is 0.147 e. The second kappa shape index (κ2) is 170. The summed E-state index contributed by atoms with van der Waals surface area (Å²) in [4.78, 5) is 0. The van der Waals surface area contributed by atoms with E-state index in [9.17, 15) is 0 Å². The number of hydrogen-bond donors (Lipinski definition) is 0. The summed E-state index contributed by atoms with van der Waals surface area (Å²) in [6, 6.07) is 0. The lowest BCUT2D eigenvalue weighted by Crippen LogP contribution is -0.289. The van der Waals surface area contributed by atoms with Crippen molar-refractivity contribution in [3.8, 4) is 0 Å². The molecule has 72 valence electrons. The molecule has 0 aromatic heterocycles. The quantitative estimate of drug-likeness (QED) is 0.659. The van der Waals surface area contributed by atoms with E-state index in [2.05, 4.69) is 0 Å². The van der Waals surface area contributed by atoms with Crippen LogP contribution < -0.4 is 0 Å². The first kappa shape index (κ1) is 229. The average Bonchev–Trinajstić information content (AvgIpc) is 0. The summed E-state index contributed by atoms with van der Waals surface area (Å²) in [5, 5.41) is 0. The van der Waals surface area contributed by atoms with Crippen molar-refractivity contribution in [3.05, 3.63) is 0 Å². The van der Waals surface area contributed by atoms with Gasteiger partial charge in [0, 0.05) is 0 Å². The third-order valence-corrected chi connectivity index (χ3v) is 0. The molecule has 9 heteroatoms. The Bertz CT molecular complexity index is 4.53. The van der Waals surface area contributed by atoms with Crippen LogP contribution in [-0.4, -0.2) is 5.48 Å². The van der Waals surface area contributed by atoms with Gasteiger partial charge in [0.15, 0.2) is 0 Å². The summed E-state index contributed by atoms with van der Waals surface area (Å²) in [5.74, 6) is 0. The average molecular weight is 310 g/mol. The lowest BCUT2D eigenvalue weighted by molar-refractivity contribution is 0.824. The van der Waals surface area contributed by atoms with Gasteiger partial charge in [-0.1, -0.05) is 0 Å². The van der Waals surface area contributed by atoms with Crippen LogP contribution in [0, 0.1) is 0 Å². The molecule has 1 nitrogen and oxygen atoms in total. The van der Waals surface area contributed by atoms with E-state index in [1.165, 1.54) is 0 Å². The summed E-state index contributed by atoms with van der Waals surface area (Å²) in [7, 11) is 0. The van der Waals surface area contributed by atoms with Crippen molar-refractivity contribution in [1.29, 1.82) is 0 Å². The third-order valence-electron chi connectivity index (χ3n) is 0. The fraction of sp³-hybridized carbons (Fsp3) is 0. The molecule has 0 fully saturated rings. The van der Waals surface area contributed by atoms with Crippen LogP contribution in [0.1, 0.15) is 0 Å². The molecular weight excluding hydrogens is 300 g/mol. The van der Waals surface area contributed by atoms with Crippen LogP contribution in [0.15, 0.2) is 0 Å². The highest BCUT2D eigenvalue weighted by Gasteiger charge is -0.140. The Balaban J connectivity index is 0. The van der Waals surface area contributed by atoms with E-state index in [-0.39, 0.29) is 105 Å². The van der Waals surface area contributed by atoms with E-state index >= 15 is 0 Å².